The van der Waals surface area contributed by atoms with Gasteiger partial charge >= 0.3 is 5.97 Å². The van der Waals surface area contributed by atoms with Gasteiger partial charge in [-0.1, -0.05) is 0 Å². The largest absolute Gasteiger partial charge is 0.480 e. The van der Waals surface area contributed by atoms with Gasteiger partial charge in [0.1, 0.15) is 5.54 Å². The lowest BCUT2D eigenvalue weighted by molar-refractivity contribution is -0.147. The lowest BCUT2D eigenvalue weighted by Crippen LogP contribution is -2.60. The molecule has 0 spiro atoms. The maximum absolute atomic E-state index is 11.7. The van der Waals surface area contributed by atoms with Crippen LogP contribution < -0.4 is 5.32 Å². The monoisotopic (exact) mass is 254 g/mol. The van der Waals surface area contributed by atoms with Crippen LogP contribution in [0.4, 0.5) is 0 Å². The number of rotatable bonds is 8. The standard InChI is InChI=1S/C14H26N2O2/c1-10(2)16(8-11-4-5-11)9-14(15-3,13(17)18)12-6-7-12/h10-12,15H,4-9H2,1-3H3,(H,17,18). The van der Waals surface area contributed by atoms with E-state index in [1.807, 2.05) is 0 Å². The molecule has 0 radical (unpaired) electrons. The lowest BCUT2D eigenvalue weighted by atomic mass is 9.92. The molecule has 2 aliphatic rings. The Balaban J connectivity index is 2.06. The summed E-state index contributed by atoms with van der Waals surface area (Å²) in [5, 5.41) is 12.7. The predicted octanol–water partition coefficient (Wildman–Crippen LogP) is 1.56. The van der Waals surface area contributed by atoms with Gasteiger partial charge in [-0.05, 0) is 58.4 Å². The molecule has 104 valence electrons. The van der Waals surface area contributed by atoms with Gasteiger partial charge in [0.05, 0.1) is 0 Å². The third kappa shape index (κ3) is 2.86. The number of hydrogen-bond acceptors (Lipinski definition) is 3. The molecular formula is C14H26N2O2. The van der Waals surface area contributed by atoms with Crippen LogP contribution in [0.3, 0.4) is 0 Å². The van der Waals surface area contributed by atoms with Crippen molar-refractivity contribution in [3.05, 3.63) is 0 Å². The molecule has 1 unspecified atom stereocenters. The number of carbonyl (C=O) groups is 1. The van der Waals surface area contributed by atoms with Gasteiger partial charge in [-0.2, -0.15) is 0 Å². The Morgan fingerprint density at radius 1 is 1.39 bits per heavy atom. The summed E-state index contributed by atoms with van der Waals surface area (Å²) in [6.07, 6.45) is 4.71. The first-order valence-electron chi connectivity index (χ1n) is 7.16. The van der Waals surface area contributed by atoms with Gasteiger partial charge in [0.25, 0.3) is 0 Å². The predicted molar refractivity (Wildman–Crippen MR) is 71.6 cm³/mol. The summed E-state index contributed by atoms with van der Waals surface area (Å²) < 4.78 is 0. The molecule has 2 aliphatic carbocycles. The van der Waals surface area contributed by atoms with Gasteiger partial charge in [0, 0.05) is 19.1 Å². The van der Waals surface area contributed by atoms with E-state index in [0.717, 1.165) is 25.3 Å². The molecular weight excluding hydrogens is 228 g/mol. The summed E-state index contributed by atoms with van der Waals surface area (Å²) in [6.45, 7) is 6.02. The number of nitrogens with one attached hydrogen (secondary N) is 1. The molecule has 0 bridgehead atoms. The van der Waals surface area contributed by atoms with E-state index in [1.165, 1.54) is 12.8 Å². The van der Waals surface area contributed by atoms with E-state index in [0.29, 0.717) is 18.5 Å². The third-order valence-electron chi connectivity index (χ3n) is 4.47. The quantitative estimate of drug-likeness (QED) is 0.690. The fourth-order valence-electron chi connectivity index (χ4n) is 2.75. The van der Waals surface area contributed by atoms with Crippen LogP contribution in [0.5, 0.6) is 0 Å². The Labute approximate surface area is 110 Å². The first-order chi connectivity index (χ1) is 8.49. The minimum absolute atomic E-state index is 0.306. The Morgan fingerprint density at radius 2 is 2.00 bits per heavy atom. The zero-order chi connectivity index (χ0) is 13.3. The molecule has 0 aliphatic heterocycles. The van der Waals surface area contributed by atoms with Crippen LogP contribution in [0, 0.1) is 11.8 Å². The van der Waals surface area contributed by atoms with Crippen molar-refractivity contribution < 1.29 is 9.90 Å². The molecule has 0 aromatic rings. The average molecular weight is 254 g/mol. The topological polar surface area (TPSA) is 52.6 Å². The third-order valence-corrected chi connectivity index (χ3v) is 4.47. The van der Waals surface area contributed by atoms with Crippen LogP contribution in [-0.2, 0) is 4.79 Å². The first-order valence-corrected chi connectivity index (χ1v) is 7.16. The van der Waals surface area contributed by atoms with Crippen molar-refractivity contribution in [2.75, 3.05) is 20.1 Å². The maximum atomic E-state index is 11.7. The smallest absolute Gasteiger partial charge is 0.325 e. The van der Waals surface area contributed by atoms with Crippen molar-refractivity contribution >= 4 is 5.97 Å². The van der Waals surface area contributed by atoms with Gasteiger partial charge in [-0.3, -0.25) is 9.69 Å². The minimum Gasteiger partial charge on any atom is -0.480 e. The summed E-state index contributed by atoms with van der Waals surface area (Å²) in [5.41, 5.74) is -0.737. The van der Waals surface area contributed by atoms with E-state index in [4.69, 9.17) is 0 Å². The van der Waals surface area contributed by atoms with Crippen LogP contribution >= 0.6 is 0 Å². The maximum Gasteiger partial charge on any atom is 0.325 e. The normalized spacial score (nSPS) is 23.4. The van der Waals surface area contributed by atoms with Crippen LogP contribution in [0.1, 0.15) is 39.5 Å². The van der Waals surface area contributed by atoms with Crippen molar-refractivity contribution in [3.8, 4) is 0 Å². The number of carboxylic acid groups (broad SMARTS) is 1. The highest BCUT2D eigenvalue weighted by atomic mass is 16.4. The van der Waals surface area contributed by atoms with E-state index in [9.17, 15) is 9.90 Å². The first kappa shape index (κ1) is 13.8. The molecule has 18 heavy (non-hydrogen) atoms. The summed E-state index contributed by atoms with van der Waals surface area (Å²) >= 11 is 0. The van der Waals surface area contributed by atoms with Gasteiger partial charge in [-0.15, -0.1) is 0 Å². The second kappa shape index (κ2) is 5.17. The molecule has 2 fully saturated rings. The number of carboxylic acids is 1. The van der Waals surface area contributed by atoms with E-state index in [2.05, 4.69) is 24.1 Å². The molecule has 0 amide bonds. The van der Waals surface area contributed by atoms with Crippen molar-refractivity contribution in [2.45, 2.75) is 51.1 Å². The molecule has 1 atom stereocenters. The zero-order valence-corrected chi connectivity index (χ0v) is 11.8. The molecule has 2 N–H and O–H groups in total. The summed E-state index contributed by atoms with van der Waals surface area (Å²) in [4.78, 5) is 14.1. The Hall–Kier alpha value is -0.610. The SMILES string of the molecule is CNC(CN(CC1CC1)C(C)C)(C(=O)O)C1CC1. The molecule has 4 nitrogen and oxygen atoms in total. The van der Waals surface area contributed by atoms with Crippen molar-refractivity contribution in [3.63, 3.8) is 0 Å². The van der Waals surface area contributed by atoms with E-state index in [-0.39, 0.29) is 0 Å². The second-order valence-electron chi connectivity index (χ2n) is 6.27. The summed E-state index contributed by atoms with van der Waals surface area (Å²) in [6, 6.07) is 0.413. The number of hydrogen-bond donors (Lipinski definition) is 2. The van der Waals surface area contributed by atoms with Crippen molar-refractivity contribution in [1.29, 1.82) is 0 Å². The Kier molecular flexibility index (Phi) is 3.97. The molecule has 4 heteroatoms. The molecule has 0 saturated heterocycles. The highest BCUT2D eigenvalue weighted by Gasteiger charge is 2.51. The fourth-order valence-corrected chi connectivity index (χ4v) is 2.75. The summed E-state index contributed by atoms with van der Waals surface area (Å²) in [5.74, 6) is 0.421. The van der Waals surface area contributed by atoms with Crippen LogP contribution in [0.2, 0.25) is 0 Å². The average Bonchev–Trinajstić information content (AvgIpc) is 3.14. The fraction of sp³-hybridized carbons (Fsp3) is 0.929. The van der Waals surface area contributed by atoms with E-state index >= 15 is 0 Å². The van der Waals surface area contributed by atoms with E-state index < -0.39 is 11.5 Å². The Morgan fingerprint density at radius 3 is 2.33 bits per heavy atom. The highest BCUT2D eigenvalue weighted by molar-refractivity contribution is 5.80. The molecule has 0 heterocycles. The van der Waals surface area contributed by atoms with Gasteiger partial charge in [0.2, 0.25) is 0 Å². The molecule has 2 saturated carbocycles. The number of aliphatic carboxylic acids is 1. The van der Waals surface area contributed by atoms with Crippen molar-refractivity contribution in [1.82, 2.24) is 10.2 Å². The van der Waals surface area contributed by atoms with Gasteiger partial charge in [-0.25, -0.2) is 0 Å². The van der Waals surface area contributed by atoms with Gasteiger partial charge < -0.3 is 10.4 Å². The molecule has 2 rings (SSSR count). The highest BCUT2D eigenvalue weighted by Crippen LogP contribution is 2.41. The van der Waals surface area contributed by atoms with Gasteiger partial charge in [0.15, 0.2) is 0 Å². The number of nitrogens with zero attached hydrogens (tertiary/aromatic N) is 1. The Bertz CT molecular complexity index is 311. The molecule has 0 aromatic heterocycles. The van der Waals surface area contributed by atoms with Crippen molar-refractivity contribution in [2.24, 2.45) is 11.8 Å². The van der Waals surface area contributed by atoms with Crippen LogP contribution in [0.15, 0.2) is 0 Å². The molecule has 0 aromatic carbocycles. The van der Waals surface area contributed by atoms with Crippen LogP contribution in [-0.4, -0.2) is 47.7 Å². The minimum atomic E-state index is -0.737. The zero-order valence-electron chi connectivity index (χ0n) is 11.8. The second-order valence-corrected chi connectivity index (χ2v) is 6.27. The van der Waals surface area contributed by atoms with Crippen LogP contribution in [0.25, 0.3) is 0 Å². The summed E-state index contributed by atoms with van der Waals surface area (Å²) in [7, 11) is 1.79. The lowest BCUT2D eigenvalue weighted by Gasteiger charge is -2.37. The van der Waals surface area contributed by atoms with E-state index in [1.54, 1.807) is 7.05 Å². The number of likely N-dealkylation sites (N-methyl/N-ethyl adjacent to an activating group) is 1.